The van der Waals surface area contributed by atoms with Crippen LogP contribution in [0.15, 0.2) is 24.3 Å². The molecule has 1 heterocycles. The average Bonchev–Trinajstić information content (AvgIpc) is 2.96. The van der Waals surface area contributed by atoms with Crippen LogP contribution in [0.2, 0.25) is 0 Å². The first-order valence-corrected chi connectivity index (χ1v) is 6.63. The highest BCUT2D eigenvalue weighted by atomic mass is 35.5. The number of halogens is 1. The molecule has 4 N–H and O–H groups in total. The van der Waals surface area contributed by atoms with Gasteiger partial charge in [-0.2, -0.15) is 0 Å². The van der Waals surface area contributed by atoms with E-state index in [4.69, 9.17) is 10.5 Å². The fourth-order valence-electron chi connectivity index (χ4n) is 2.21. The zero-order valence-corrected chi connectivity index (χ0v) is 12.6. The Hall–Kier alpha value is -1.63. The van der Waals surface area contributed by atoms with E-state index in [1.54, 1.807) is 31.3 Å². The van der Waals surface area contributed by atoms with Crippen LogP contribution in [0.1, 0.15) is 23.2 Å². The first kappa shape index (κ1) is 17.4. The number of para-hydroxylation sites is 1. The Balaban J connectivity index is 0.00000220. The van der Waals surface area contributed by atoms with E-state index in [0.717, 1.165) is 6.42 Å². The van der Waals surface area contributed by atoms with E-state index in [1.165, 1.54) is 0 Å². The maximum atomic E-state index is 12.1. The smallest absolute Gasteiger partial charge is 0.253 e. The molecular formula is C14H20ClN3O3. The number of rotatable bonds is 4. The largest absolute Gasteiger partial charge is 0.364 e. The highest BCUT2D eigenvalue weighted by molar-refractivity contribution is 6.04. The van der Waals surface area contributed by atoms with Gasteiger partial charge in [0.1, 0.15) is 6.10 Å². The Labute approximate surface area is 129 Å². The number of carbonyl (C=O) groups is 2. The third-order valence-electron chi connectivity index (χ3n) is 3.32. The van der Waals surface area contributed by atoms with Crippen LogP contribution in [0.4, 0.5) is 5.69 Å². The number of benzene rings is 1. The molecule has 0 radical (unpaired) electrons. The zero-order chi connectivity index (χ0) is 14.5. The number of nitrogens with two attached hydrogens (primary N) is 1. The van der Waals surface area contributed by atoms with Gasteiger partial charge in [0.05, 0.1) is 17.4 Å². The first-order valence-electron chi connectivity index (χ1n) is 6.63. The van der Waals surface area contributed by atoms with E-state index < -0.39 is 6.10 Å². The summed E-state index contributed by atoms with van der Waals surface area (Å²) in [5.41, 5.74) is 6.43. The second kappa shape index (κ2) is 7.97. The number of nitrogens with one attached hydrogen (secondary N) is 2. The van der Waals surface area contributed by atoms with E-state index in [0.29, 0.717) is 24.2 Å². The molecule has 0 saturated carbocycles. The van der Waals surface area contributed by atoms with Gasteiger partial charge in [-0.3, -0.25) is 9.59 Å². The molecule has 7 heteroatoms. The number of anilines is 1. The van der Waals surface area contributed by atoms with E-state index in [9.17, 15) is 9.59 Å². The maximum absolute atomic E-state index is 12.1. The van der Waals surface area contributed by atoms with Crippen molar-refractivity contribution >= 4 is 29.9 Å². The van der Waals surface area contributed by atoms with E-state index in [1.807, 2.05) is 0 Å². The third kappa shape index (κ3) is 4.17. The Morgan fingerprint density at radius 3 is 2.67 bits per heavy atom. The molecule has 2 atom stereocenters. The van der Waals surface area contributed by atoms with Crippen LogP contribution >= 0.6 is 12.4 Å². The van der Waals surface area contributed by atoms with Gasteiger partial charge in [0, 0.05) is 13.6 Å². The molecule has 21 heavy (non-hydrogen) atoms. The lowest BCUT2D eigenvalue weighted by atomic mass is 10.1. The Kier molecular flexibility index (Phi) is 6.61. The van der Waals surface area contributed by atoms with Crippen LogP contribution < -0.4 is 16.4 Å². The van der Waals surface area contributed by atoms with Gasteiger partial charge in [-0.1, -0.05) is 12.1 Å². The minimum atomic E-state index is -0.499. The summed E-state index contributed by atoms with van der Waals surface area (Å²) in [5.74, 6) is -0.481. The summed E-state index contributed by atoms with van der Waals surface area (Å²) in [7, 11) is 1.55. The summed E-state index contributed by atoms with van der Waals surface area (Å²) >= 11 is 0. The van der Waals surface area contributed by atoms with Crippen molar-refractivity contribution < 1.29 is 14.3 Å². The van der Waals surface area contributed by atoms with Gasteiger partial charge in [-0.25, -0.2) is 0 Å². The van der Waals surface area contributed by atoms with Gasteiger partial charge in [0.25, 0.3) is 11.8 Å². The van der Waals surface area contributed by atoms with Crippen LogP contribution in [-0.4, -0.2) is 37.6 Å². The van der Waals surface area contributed by atoms with Crippen molar-refractivity contribution in [1.29, 1.82) is 0 Å². The van der Waals surface area contributed by atoms with Crippen LogP contribution in [-0.2, 0) is 9.53 Å². The SMILES string of the molecule is CNC(=O)c1ccccc1NC(=O)[C@@H]1CC[C@H](CN)O1.Cl. The van der Waals surface area contributed by atoms with Crippen LogP contribution in [0.25, 0.3) is 0 Å². The van der Waals surface area contributed by atoms with Crippen molar-refractivity contribution in [1.82, 2.24) is 5.32 Å². The maximum Gasteiger partial charge on any atom is 0.253 e. The van der Waals surface area contributed by atoms with Gasteiger partial charge in [0.2, 0.25) is 0 Å². The number of hydrogen-bond donors (Lipinski definition) is 3. The molecule has 1 aliphatic rings. The monoisotopic (exact) mass is 313 g/mol. The molecule has 0 spiro atoms. The molecule has 0 bridgehead atoms. The number of ether oxygens (including phenoxy) is 1. The normalized spacial score (nSPS) is 20.5. The zero-order valence-electron chi connectivity index (χ0n) is 11.8. The molecule has 2 amide bonds. The third-order valence-corrected chi connectivity index (χ3v) is 3.32. The van der Waals surface area contributed by atoms with Crippen molar-refractivity contribution in [3.05, 3.63) is 29.8 Å². The Morgan fingerprint density at radius 1 is 1.33 bits per heavy atom. The number of hydrogen-bond acceptors (Lipinski definition) is 4. The fourth-order valence-corrected chi connectivity index (χ4v) is 2.21. The number of carbonyl (C=O) groups excluding carboxylic acids is 2. The summed E-state index contributed by atoms with van der Waals surface area (Å²) in [6, 6.07) is 6.86. The van der Waals surface area contributed by atoms with Gasteiger partial charge < -0.3 is 21.1 Å². The van der Waals surface area contributed by atoms with Crippen molar-refractivity contribution in [2.75, 3.05) is 18.9 Å². The predicted molar refractivity (Wildman–Crippen MR) is 82.7 cm³/mol. The lowest BCUT2D eigenvalue weighted by Gasteiger charge is -2.14. The molecule has 0 aliphatic carbocycles. The summed E-state index contributed by atoms with van der Waals surface area (Å²) in [6.07, 6.45) is 0.878. The van der Waals surface area contributed by atoms with Gasteiger partial charge in [-0.05, 0) is 25.0 Å². The standard InChI is InChI=1S/C14H19N3O3.ClH/c1-16-13(18)10-4-2-3-5-11(10)17-14(19)12-7-6-9(8-15)20-12;/h2-5,9,12H,6-8,15H2,1H3,(H,16,18)(H,17,19);1H/t9-,12+;/m1./s1. The average molecular weight is 314 g/mol. The molecule has 6 nitrogen and oxygen atoms in total. The van der Waals surface area contributed by atoms with E-state index in [2.05, 4.69) is 10.6 Å². The van der Waals surface area contributed by atoms with Gasteiger partial charge in [-0.15, -0.1) is 12.4 Å². The summed E-state index contributed by atoms with van der Waals surface area (Å²) in [5, 5.41) is 5.29. The van der Waals surface area contributed by atoms with Crippen LogP contribution in [0, 0.1) is 0 Å². The Bertz CT molecular complexity index is 510. The molecule has 0 unspecified atom stereocenters. The topological polar surface area (TPSA) is 93.5 Å². The second-order valence-corrected chi connectivity index (χ2v) is 4.67. The minimum absolute atomic E-state index is 0. The lowest BCUT2D eigenvalue weighted by Crippen LogP contribution is -2.30. The molecular weight excluding hydrogens is 294 g/mol. The second-order valence-electron chi connectivity index (χ2n) is 4.67. The quantitative estimate of drug-likeness (QED) is 0.770. The predicted octanol–water partition coefficient (Wildman–Crippen LogP) is 0.913. The highest BCUT2D eigenvalue weighted by Gasteiger charge is 2.30. The van der Waals surface area contributed by atoms with Crippen LogP contribution in [0.5, 0.6) is 0 Å². The highest BCUT2D eigenvalue weighted by Crippen LogP contribution is 2.21. The molecule has 1 fully saturated rings. The van der Waals surface area contributed by atoms with Crippen molar-refractivity contribution in [3.8, 4) is 0 Å². The van der Waals surface area contributed by atoms with E-state index >= 15 is 0 Å². The first-order chi connectivity index (χ1) is 9.65. The summed E-state index contributed by atoms with van der Waals surface area (Å²) in [6.45, 7) is 0.415. The van der Waals surface area contributed by atoms with Gasteiger partial charge >= 0.3 is 0 Å². The van der Waals surface area contributed by atoms with Gasteiger partial charge in [0.15, 0.2) is 0 Å². The van der Waals surface area contributed by atoms with Crippen molar-refractivity contribution in [3.63, 3.8) is 0 Å². The minimum Gasteiger partial charge on any atom is -0.364 e. The van der Waals surface area contributed by atoms with E-state index in [-0.39, 0.29) is 30.3 Å². The molecule has 1 aromatic carbocycles. The molecule has 1 saturated heterocycles. The Morgan fingerprint density at radius 2 is 2.05 bits per heavy atom. The molecule has 2 rings (SSSR count). The summed E-state index contributed by atoms with van der Waals surface area (Å²) < 4.78 is 5.53. The molecule has 1 aromatic rings. The summed E-state index contributed by atoms with van der Waals surface area (Å²) in [4.78, 5) is 23.9. The van der Waals surface area contributed by atoms with Crippen molar-refractivity contribution in [2.24, 2.45) is 5.73 Å². The lowest BCUT2D eigenvalue weighted by molar-refractivity contribution is -0.126. The molecule has 0 aromatic heterocycles. The molecule has 116 valence electrons. The fraction of sp³-hybridized carbons (Fsp3) is 0.429. The number of amides is 2. The molecule has 1 aliphatic heterocycles. The van der Waals surface area contributed by atoms with Crippen molar-refractivity contribution in [2.45, 2.75) is 25.0 Å². The van der Waals surface area contributed by atoms with Crippen LogP contribution in [0.3, 0.4) is 0 Å².